The zero-order valence-electron chi connectivity index (χ0n) is 7.67. The molecule has 0 saturated heterocycles. The van der Waals surface area contributed by atoms with Crippen LogP contribution in [0.1, 0.15) is 25.5 Å². The highest BCUT2D eigenvalue weighted by molar-refractivity contribution is 5.56. The molecule has 0 amide bonds. The zero-order valence-corrected chi connectivity index (χ0v) is 7.67. The summed E-state index contributed by atoms with van der Waals surface area (Å²) in [5.41, 5.74) is 8.21. The van der Waals surface area contributed by atoms with Gasteiger partial charge in [0.1, 0.15) is 0 Å². The highest BCUT2D eigenvalue weighted by atomic mass is 15.0. The van der Waals surface area contributed by atoms with Gasteiger partial charge in [0.25, 0.3) is 0 Å². The van der Waals surface area contributed by atoms with Crippen molar-refractivity contribution in [3.8, 4) is 0 Å². The van der Waals surface area contributed by atoms with Gasteiger partial charge >= 0.3 is 0 Å². The molecule has 66 valence electrons. The third-order valence-corrected chi connectivity index (χ3v) is 1.87. The van der Waals surface area contributed by atoms with Gasteiger partial charge in [0.15, 0.2) is 0 Å². The molecule has 0 bridgehead atoms. The summed E-state index contributed by atoms with van der Waals surface area (Å²) in [5.74, 6) is 0. The highest BCUT2D eigenvalue weighted by Gasteiger charge is 2.16. The molecule has 12 heavy (non-hydrogen) atoms. The third kappa shape index (κ3) is 1.59. The minimum Gasteiger partial charge on any atom is -0.383 e. The fourth-order valence-electron chi connectivity index (χ4n) is 1.31. The summed E-state index contributed by atoms with van der Waals surface area (Å²) in [7, 11) is 0. The lowest BCUT2D eigenvalue weighted by Crippen LogP contribution is -2.11. The fraction of sp³-hybridized carbons (Fsp3) is 0.400. The first-order valence-corrected chi connectivity index (χ1v) is 4.46. The van der Waals surface area contributed by atoms with Crippen LogP contribution in [0.4, 0.5) is 5.69 Å². The average molecular weight is 164 g/mol. The van der Waals surface area contributed by atoms with Crippen LogP contribution in [0, 0.1) is 0 Å². The van der Waals surface area contributed by atoms with Gasteiger partial charge < -0.3 is 11.1 Å². The van der Waals surface area contributed by atoms with E-state index >= 15 is 0 Å². The van der Waals surface area contributed by atoms with Gasteiger partial charge in [-0.2, -0.15) is 0 Å². The number of benzene rings is 1. The van der Waals surface area contributed by atoms with E-state index in [2.05, 4.69) is 17.4 Å². The van der Waals surface area contributed by atoms with Gasteiger partial charge in [-0.25, -0.2) is 0 Å². The first-order valence-electron chi connectivity index (χ1n) is 4.46. The van der Waals surface area contributed by atoms with Gasteiger partial charge in [-0.1, -0.05) is 32.0 Å². The Kier molecular flexibility index (Phi) is 3.11. The number of hydrogen-bond donors (Lipinski definition) is 2. The van der Waals surface area contributed by atoms with Crippen LogP contribution >= 0.6 is 0 Å². The molecule has 0 saturated carbocycles. The predicted octanol–water partition coefficient (Wildman–Crippen LogP) is 2.14. The van der Waals surface area contributed by atoms with Crippen molar-refractivity contribution in [2.75, 3.05) is 11.9 Å². The number of rotatable bonds is 0. The van der Waals surface area contributed by atoms with Crippen LogP contribution in [-0.4, -0.2) is 6.54 Å². The Morgan fingerprint density at radius 3 is 2.67 bits per heavy atom. The van der Waals surface area contributed by atoms with E-state index in [9.17, 15) is 0 Å². The summed E-state index contributed by atoms with van der Waals surface area (Å²) in [5, 5.41) is 3.22. The molecule has 0 aromatic heterocycles. The standard InChI is InChI=1S/C8H10N2.C2H6/c9-7-5-10-8-4-2-1-3-6(7)8;1-2/h1-4,7,10H,5,9H2;1-2H3. The van der Waals surface area contributed by atoms with E-state index in [0.717, 1.165) is 6.54 Å². The van der Waals surface area contributed by atoms with Crippen LogP contribution in [0.15, 0.2) is 24.3 Å². The fourth-order valence-corrected chi connectivity index (χ4v) is 1.31. The molecule has 1 aromatic rings. The van der Waals surface area contributed by atoms with Gasteiger partial charge in [0.2, 0.25) is 0 Å². The molecule has 0 fully saturated rings. The van der Waals surface area contributed by atoms with Gasteiger partial charge in [0, 0.05) is 18.3 Å². The first-order chi connectivity index (χ1) is 5.88. The molecular weight excluding hydrogens is 148 g/mol. The van der Waals surface area contributed by atoms with E-state index in [-0.39, 0.29) is 6.04 Å². The smallest absolute Gasteiger partial charge is 0.0491 e. The summed E-state index contributed by atoms with van der Waals surface area (Å²) in [6, 6.07) is 8.36. The van der Waals surface area contributed by atoms with Crippen molar-refractivity contribution in [3.63, 3.8) is 0 Å². The van der Waals surface area contributed by atoms with Crippen LogP contribution in [-0.2, 0) is 0 Å². The lowest BCUT2D eigenvalue weighted by Gasteiger charge is -1.99. The molecule has 0 spiro atoms. The lowest BCUT2D eigenvalue weighted by atomic mass is 10.1. The van der Waals surface area contributed by atoms with Gasteiger partial charge in [0.05, 0.1) is 0 Å². The van der Waals surface area contributed by atoms with Crippen molar-refractivity contribution in [1.82, 2.24) is 0 Å². The summed E-state index contributed by atoms with van der Waals surface area (Å²) < 4.78 is 0. The second-order valence-electron chi connectivity index (χ2n) is 2.57. The molecule has 1 aromatic carbocycles. The Balaban J connectivity index is 0.000000336. The monoisotopic (exact) mass is 164 g/mol. The van der Waals surface area contributed by atoms with Crippen molar-refractivity contribution in [3.05, 3.63) is 29.8 Å². The molecule has 1 aliphatic heterocycles. The van der Waals surface area contributed by atoms with Gasteiger partial charge in [-0.3, -0.25) is 0 Å². The maximum Gasteiger partial charge on any atom is 0.0491 e. The summed E-state index contributed by atoms with van der Waals surface area (Å²) in [4.78, 5) is 0. The van der Waals surface area contributed by atoms with Crippen molar-refractivity contribution < 1.29 is 0 Å². The number of para-hydroxylation sites is 1. The Bertz CT molecular complexity index is 245. The molecule has 0 aliphatic carbocycles. The third-order valence-electron chi connectivity index (χ3n) is 1.87. The van der Waals surface area contributed by atoms with Crippen LogP contribution < -0.4 is 11.1 Å². The van der Waals surface area contributed by atoms with Crippen molar-refractivity contribution in [2.45, 2.75) is 19.9 Å². The number of nitrogens with two attached hydrogens (primary N) is 1. The normalized spacial score (nSPS) is 18.8. The minimum absolute atomic E-state index is 0.191. The number of fused-ring (bicyclic) bond motifs is 1. The molecule has 2 heteroatoms. The Labute approximate surface area is 73.8 Å². The molecule has 1 atom stereocenters. The molecular formula is C10H16N2. The average Bonchev–Trinajstić information content (AvgIpc) is 2.53. The largest absolute Gasteiger partial charge is 0.383 e. The summed E-state index contributed by atoms with van der Waals surface area (Å²) >= 11 is 0. The molecule has 3 N–H and O–H groups in total. The van der Waals surface area contributed by atoms with Gasteiger partial charge in [-0.05, 0) is 11.6 Å². The van der Waals surface area contributed by atoms with E-state index in [1.807, 2.05) is 26.0 Å². The van der Waals surface area contributed by atoms with Crippen molar-refractivity contribution in [2.24, 2.45) is 5.73 Å². The Morgan fingerprint density at radius 2 is 2.00 bits per heavy atom. The maximum absolute atomic E-state index is 5.78. The summed E-state index contributed by atoms with van der Waals surface area (Å²) in [6.07, 6.45) is 0. The molecule has 0 radical (unpaired) electrons. The molecule has 1 aliphatic rings. The van der Waals surface area contributed by atoms with Crippen LogP contribution in [0.25, 0.3) is 0 Å². The van der Waals surface area contributed by atoms with E-state index in [0.29, 0.717) is 0 Å². The van der Waals surface area contributed by atoms with Crippen LogP contribution in [0.2, 0.25) is 0 Å². The van der Waals surface area contributed by atoms with E-state index in [4.69, 9.17) is 5.73 Å². The summed E-state index contributed by atoms with van der Waals surface area (Å²) in [6.45, 7) is 4.87. The Morgan fingerprint density at radius 1 is 1.33 bits per heavy atom. The van der Waals surface area contributed by atoms with E-state index in [1.165, 1.54) is 11.3 Å². The lowest BCUT2D eigenvalue weighted by molar-refractivity contribution is 0.808. The van der Waals surface area contributed by atoms with Crippen LogP contribution in [0.5, 0.6) is 0 Å². The molecule has 2 rings (SSSR count). The predicted molar refractivity (Wildman–Crippen MR) is 53.2 cm³/mol. The molecule has 1 unspecified atom stereocenters. The van der Waals surface area contributed by atoms with E-state index < -0.39 is 0 Å². The van der Waals surface area contributed by atoms with Crippen molar-refractivity contribution in [1.29, 1.82) is 0 Å². The number of anilines is 1. The molecule has 1 heterocycles. The second-order valence-corrected chi connectivity index (χ2v) is 2.57. The maximum atomic E-state index is 5.78. The Hall–Kier alpha value is -1.02. The molecule has 2 nitrogen and oxygen atoms in total. The van der Waals surface area contributed by atoms with Crippen LogP contribution in [0.3, 0.4) is 0 Å². The van der Waals surface area contributed by atoms with Crippen molar-refractivity contribution >= 4 is 5.69 Å². The highest BCUT2D eigenvalue weighted by Crippen LogP contribution is 2.26. The number of hydrogen-bond acceptors (Lipinski definition) is 2. The zero-order chi connectivity index (χ0) is 8.97. The quantitative estimate of drug-likeness (QED) is 0.616. The minimum atomic E-state index is 0.191. The van der Waals surface area contributed by atoms with E-state index in [1.54, 1.807) is 0 Å². The number of nitrogens with one attached hydrogen (secondary N) is 1. The second kappa shape index (κ2) is 4.12. The van der Waals surface area contributed by atoms with Gasteiger partial charge in [-0.15, -0.1) is 0 Å². The SMILES string of the molecule is CC.NC1CNc2ccccc21. The first kappa shape index (κ1) is 9.07. The topological polar surface area (TPSA) is 38.0 Å².